The molecule has 0 saturated carbocycles. The molecule has 26 heavy (non-hydrogen) atoms. The van der Waals surface area contributed by atoms with Crippen LogP contribution in [0, 0.1) is 12.8 Å². The highest BCUT2D eigenvalue weighted by molar-refractivity contribution is 7.98. The van der Waals surface area contributed by atoms with Gasteiger partial charge in [0.15, 0.2) is 5.82 Å². The van der Waals surface area contributed by atoms with E-state index in [0.29, 0.717) is 12.5 Å². The Morgan fingerprint density at radius 1 is 1.31 bits per heavy atom. The average Bonchev–Trinajstić information content (AvgIpc) is 2.98. The lowest BCUT2D eigenvalue weighted by atomic mass is 10.00. The van der Waals surface area contributed by atoms with E-state index in [1.54, 1.807) is 17.1 Å². The van der Waals surface area contributed by atoms with Crippen LogP contribution in [0.2, 0.25) is 0 Å². The number of thioether (sulfide) groups is 1. The lowest BCUT2D eigenvalue weighted by Gasteiger charge is -2.40. The molecular weight excluding hydrogens is 348 g/mol. The molecule has 1 N–H and O–H groups in total. The summed E-state index contributed by atoms with van der Waals surface area (Å²) in [6.07, 6.45) is 2.58. The van der Waals surface area contributed by atoms with Crippen molar-refractivity contribution in [3.05, 3.63) is 45.8 Å². The molecule has 2 aliphatic rings. The summed E-state index contributed by atoms with van der Waals surface area (Å²) in [5.74, 6) is 3.36. The maximum atomic E-state index is 12.3. The van der Waals surface area contributed by atoms with Crippen LogP contribution in [0.3, 0.4) is 0 Å². The summed E-state index contributed by atoms with van der Waals surface area (Å²) in [7, 11) is 0. The van der Waals surface area contributed by atoms with Crippen molar-refractivity contribution in [1.29, 1.82) is 0 Å². The van der Waals surface area contributed by atoms with E-state index in [0.717, 1.165) is 64.8 Å². The lowest BCUT2D eigenvalue weighted by Crippen LogP contribution is -2.50. The molecule has 1 fully saturated rings. The molecule has 2 aliphatic heterocycles. The number of nitrogens with zero attached hydrogens (tertiary/aromatic N) is 5. The fraction of sp³-hybridized carbons (Fsp3) is 0.444. The van der Waals surface area contributed by atoms with Gasteiger partial charge in [-0.1, -0.05) is 0 Å². The van der Waals surface area contributed by atoms with Crippen LogP contribution in [0.15, 0.2) is 23.3 Å². The van der Waals surface area contributed by atoms with E-state index in [1.807, 2.05) is 24.8 Å². The number of rotatable bonds is 3. The van der Waals surface area contributed by atoms with E-state index in [4.69, 9.17) is 0 Å². The average molecular weight is 368 g/mol. The monoisotopic (exact) mass is 368 g/mol. The van der Waals surface area contributed by atoms with Crippen molar-refractivity contribution in [3.8, 4) is 0 Å². The smallest absolute Gasteiger partial charge is 0.267 e. The van der Waals surface area contributed by atoms with Gasteiger partial charge in [0.25, 0.3) is 5.56 Å². The van der Waals surface area contributed by atoms with E-state index in [-0.39, 0.29) is 5.56 Å². The molecule has 3 aromatic heterocycles. The Morgan fingerprint density at radius 2 is 2.19 bits per heavy atom. The van der Waals surface area contributed by atoms with Crippen molar-refractivity contribution in [2.75, 3.05) is 23.7 Å². The van der Waals surface area contributed by atoms with Crippen molar-refractivity contribution < 1.29 is 0 Å². The minimum absolute atomic E-state index is 0.0223. The molecule has 0 bridgehead atoms. The minimum atomic E-state index is 0.0223. The van der Waals surface area contributed by atoms with Gasteiger partial charge in [0, 0.05) is 42.9 Å². The molecule has 0 aromatic carbocycles. The van der Waals surface area contributed by atoms with Crippen LogP contribution in [0.25, 0.3) is 11.0 Å². The Labute approximate surface area is 154 Å². The molecule has 0 spiro atoms. The van der Waals surface area contributed by atoms with Crippen LogP contribution in [-0.2, 0) is 18.7 Å². The maximum Gasteiger partial charge on any atom is 0.267 e. The van der Waals surface area contributed by atoms with E-state index in [2.05, 4.69) is 25.0 Å². The Balaban J connectivity index is 1.32. The van der Waals surface area contributed by atoms with Gasteiger partial charge in [0.05, 0.1) is 17.8 Å². The first-order valence-corrected chi connectivity index (χ1v) is 10.1. The Bertz CT molecular complexity index is 1040. The number of hydrogen-bond acceptors (Lipinski definition) is 6. The van der Waals surface area contributed by atoms with Gasteiger partial charge in [-0.25, -0.2) is 14.6 Å². The van der Waals surface area contributed by atoms with Crippen molar-refractivity contribution in [2.24, 2.45) is 5.92 Å². The number of aromatic amines is 1. The molecule has 5 rings (SSSR count). The number of anilines is 1. The minimum Gasteiger partial charge on any atom is -0.354 e. The second-order valence-corrected chi connectivity index (χ2v) is 8.23. The zero-order valence-electron chi connectivity index (χ0n) is 14.6. The van der Waals surface area contributed by atoms with Crippen LogP contribution in [0.4, 0.5) is 5.82 Å². The van der Waals surface area contributed by atoms with Crippen molar-refractivity contribution in [1.82, 2.24) is 24.7 Å². The summed E-state index contributed by atoms with van der Waals surface area (Å²) in [6, 6.07) is 3.81. The second-order valence-electron chi connectivity index (χ2n) is 7.12. The predicted molar refractivity (Wildman–Crippen MR) is 103 cm³/mol. The largest absolute Gasteiger partial charge is 0.354 e. The molecule has 0 amide bonds. The number of hydrogen-bond donors (Lipinski definition) is 1. The van der Waals surface area contributed by atoms with Gasteiger partial charge in [0.1, 0.15) is 11.8 Å². The van der Waals surface area contributed by atoms with Crippen molar-refractivity contribution >= 4 is 28.6 Å². The molecule has 134 valence electrons. The van der Waals surface area contributed by atoms with E-state index < -0.39 is 0 Å². The molecule has 0 aliphatic carbocycles. The summed E-state index contributed by atoms with van der Waals surface area (Å²) >= 11 is 1.87. The molecule has 1 saturated heterocycles. The predicted octanol–water partition coefficient (Wildman–Crippen LogP) is 1.75. The summed E-state index contributed by atoms with van der Waals surface area (Å²) in [5.41, 5.74) is 5.25. The Morgan fingerprint density at radius 3 is 3.08 bits per heavy atom. The summed E-state index contributed by atoms with van der Waals surface area (Å²) in [6.45, 7) is 4.46. The maximum absolute atomic E-state index is 12.3. The number of aryl methyl sites for hydroxylation is 2. The van der Waals surface area contributed by atoms with Gasteiger partial charge >= 0.3 is 0 Å². The van der Waals surface area contributed by atoms with Crippen LogP contribution in [-0.4, -0.2) is 43.6 Å². The zero-order chi connectivity index (χ0) is 17.7. The quantitative estimate of drug-likeness (QED) is 0.759. The summed E-state index contributed by atoms with van der Waals surface area (Å²) < 4.78 is 1.66. The van der Waals surface area contributed by atoms with Crippen LogP contribution in [0.5, 0.6) is 0 Å². The first-order chi connectivity index (χ1) is 12.7. The molecule has 3 aromatic rings. The van der Waals surface area contributed by atoms with Gasteiger partial charge < -0.3 is 9.88 Å². The Kier molecular flexibility index (Phi) is 3.74. The van der Waals surface area contributed by atoms with Gasteiger partial charge in [-0.05, 0) is 24.3 Å². The molecular formula is C18H20N6OS. The molecule has 0 unspecified atom stereocenters. The number of nitrogens with one attached hydrogen (secondary N) is 1. The van der Waals surface area contributed by atoms with Gasteiger partial charge in [0.2, 0.25) is 0 Å². The van der Waals surface area contributed by atoms with Gasteiger partial charge in [-0.15, -0.1) is 0 Å². The highest BCUT2D eigenvalue weighted by Gasteiger charge is 2.30. The summed E-state index contributed by atoms with van der Waals surface area (Å²) in [4.78, 5) is 26.7. The normalized spacial score (nSPS) is 17.3. The summed E-state index contributed by atoms with van der Waals surface area (Å²) in [5, 5.41) is 4.63. The van der Waals surface area contributed by atoms with Gasteiger partial charge in [-0.3, -0.25) is 4.79 Å². The highest BCUT2D eigenvalue weighted by Crippen LogP contribution is 2.29. The molecule has 8 heteroatoms. The Hall–Kier alpha value is -2.35. The molecule has 0 radical (unpaired) electrons. The molecule has 7 nitrogen and oxygen atoms in total. The van der Waals surface area contributed by atoms with Crippen LogP contribution in [0.1, 0.15) is 17.0 Å². The first-order valence-electron chi connectivity index (χ1n) is 8.90. The first kappa shape index (κ1) is 15.9. The third-order valence-electron chi connectivity index (χ3n) is 5.12. The number of aromatic nitrogens is 5. The standard InChI is InChI=1S/C18H20N6OS/c1-11-4-15-17(21-11)18(20-10-19-15)23-6-12(7-23)8-24-16(25)5-13-9-26-3-2-14(13)22-24/h4-5,10,12,21H,2-3,6-9H2,1H3. The lowest BCUT2D eigenvalue weighted by molar-refractivity contribution is 0.331. The van der Waals surface area contributed by atoms with Crippen LogP contribution >= 0.6 is 11.8 Å². The van der Waals surface area contributed by atoms with E-state index >= 15 is 0 Å². The topological polar surface area (TPSA) is 79.7 Å². The highest BCUT2D eigenvalue weighted by atomic mass is 32.2. The van der Waals surface area contributed by atoms with Crippen molar-refractivity contribution in [2.45, 2.75) is 25.6 Å². The fourth-order valence-corrected chi connectivity index (χ4v) is 4.73. The van der Waals surface area contributed by atoms with Crippen molar-refractivity contribution in [3.63, 3.8) is 0 Å². The van der Waals surface area contributed by atoms with E-state index in [9.17, 15) is 4.79 Å². The third-order valence-corrected chi connectivity index (χ3v) is 6.13. The van der Waals surface area contributed by atoms with Crippen LogP contribution < -0.4 is 10.5 Å². The van der Waals surface area contributed by atoms with Gasteiger partial charge in [-0.2, -0.15) is 16.9 Å². The third kappa shape index (κ3) is 2.68. The zero-order valence-corrected chi connectivity index (χ0v) is 15.4. The second kappa shape index (κ2) is 6.12. The molecule has 0 atom stereocenters. The SMILES string of the molecule is Cc1cc2ncnc(N3CC(Cn4nc5c(cc4=O)CSCC5)C3)c2[nH]1. The van der Waals surface area contributed by atoms with E-state index in [1.165, 1.54) is 0 Å². The number of H-pyrrole nitrogens is 1. The number of fused-ring (bicyclic) bond motifs is 2. The fourth-order valence-electron chi connectivity index (χ4n) is 3.78. The molecule has 5 heterocycles.